The van der Waals surface area contributed by atoms with Gasteiger partial charge in [-0.15, -0.1) is 0 Å². The lowest BCUT2D eigenvalue weighted by molar-refractivity contribution is 0.111. The zero-order valence-corrected chi connectivity index (χ0v) is 28.5. The van der Waals surface area contributed by atoms with Gasteiger partial charge in [-0.2, -0.15) is 0 Å². The van der Waals surface area contributed by atoms with Crippen molar-refractivity contribution in [2.75, 3.05) is 14.2 Å². The van der Waals surface area contributed by atoms with E-state index in [1.807, 2.05) is 26.8 Å². The SMILES string of the molecule is CC(C)(C)c1cc(C=O)c(O)c(C(C)(C)C)c1.COc1cc(C=O)ccc1O.COc1cccc(C=O)c1O.O=Cc1ccccc1O. The molecule has 48 heavy (non-hydrogen) atoms. The number of hydrogen-bond donors (Lipinski definition) is 4. The van der Waals surface area contributed by atoms with E-state index in [1.165, 1.54) is 44.6 Å². The second kappa shape index (κ2) is 18.5. The Hall–Kier alpha value is -5.64. The Labute approximate surface area is 281 Å². The van der Waals surface area contributed by atoms with Gasteiger partial charge in [-0.1, -0.05) is 65.8 Å². The maximum Gasteiger partial charge on any atom is 0.168 e. The van der Waals surface area contributed by atoms with Gasteiger partial charge in [0.2, 0.25) is 0 Å². The lowest BCUT2D eigenvalue weighted by Gasteiger charge is -2.26. The molecule has 0 aromatic heterocycles. The predicted molar refractivity (Wildman–Crippen MR) is 184 cm³/mol. The van der Waals surface area contributed by atoms with Crippen LogP contribution in [0, 0.1) is 0 Å². The van der Waals surface area contributed by atoms with Crippen LogP contribution in [0.15, 0.2) is 72.8 Å². The van der Waals surface area contributed by atoms with Gasteiger partial charge >= 0.3 is 0 Å². The summed E-state index contributed by atoms with van der Waals surface area (Å²) in [6.45, 7) is 12.4. The summed E-state index contributed by atoms with van der Waals surface area (Å²) in [6, 6.07) is 19.3. The number of phenolic OH excluding ortho intramolecular Hbond substituents is 4. The molecule has 0 atom stereocenters. The molecule has 0 fully saturated rings. The molecule has 0 radical (unpaired) electrons. The van der Waals surface area contributed by atoms with Gasteiger partial charge in [0.25, 0.3) is 0 Å². The maximum atomic E-state index is 11.0. The first-order valence-corrected chi connectivity index (χ1v) is 14.7. The molecule has 0 saturated carbocycles. The van der Waals surface area contributed by atoms with Gasteiger partial charge in [0.1, 0.15) is 17.8 Å². The summed E-state index contributed by atoms with van der Waals surface area (Å²) in [4.78, 5) is 41.6. The van der Waals surface area contributed by atoms with Crippen LogP contribution in [0.3, 0.4) is 0 Å². The van der Waals surface area contributed by atoms with Gasteiger partial charge < -0.3 is 29.9 Å². The van der Waals surface area contributed by atoms with Crippen molar-refractivity contribution in [3.63, 3.8) is 0 Å². The number of methoxy groups -OCH3 is 2. The van der Waals surface area contributed by atoms with Crippen LogP contribution in [0.25, 0.3) is 0 Å². The highest BCUT2D eigenvalue weighted by Crippen LogP contribution is 2.37. The third-order valence-electron chi connectivity index (χ3n) is 6.72. The molecule has 0 aliphatic rings. The van der Waals surface area contributed by atoms with Crippen LogP contribution in [0.4, 0.5) is 0 Å². The number of para-hydroxylation sites is 2. The Kier molecular flexibility index (Phi) is 15.6. The van der Waals surface area contributed by atoms with E-state index in [4.69, 9.17) is 19.7 Å². The van der Waals surface area contributed by atoms with Crippen molar-refractivity contribution in [3.8, 4) is 34.5 Å². The van der Waals surface area contributed by atoms with Crippen LogP contribution in [-0.4, -0.2) is 59.8 Å². The Morgan fingerprint density at radius 3 is 1.54 bits per heavy atom. The van der Waals surface area contributed by atoms with Gasteiger partial charge in [-0.25, -0.2) is 0 Å². The highest BCUT2D eigenvalue weighted by molar-refractivity contribution is 5.81. The number of carbonyl (C=O) groups is 4. The number of benzene rings is 4. The van der Waals surface area contributed by atoms with Crippen molar-refractivity contribution >= 4 is 25.1 Å². The molecule has 10 heteroatoms. The van der Waals surface area contributed by atoms with E-state index in [1.54, 1.807) is 36.4 Å². The van der Waals surface area contributed by atoms with E-state index in [9.17, 15) is 29.4 Å². The smallest absolute Gasteiger partial charge is 0.168 e. The molecule has 0 aliphatic carbocycles. The third-order valence-corrected chi connectivity index (χ3v) is 6.72. The minimum absolute atomic E-state index is 0.0347. The third kappa shape index (κ3) is 11.9. The molecule has 10 nitrogen and oxygen atoms in total. The monoisotopic (exact) mass is 660 g/mol. The molecule has 0 spiro atoms. The van der Waals surface area contributed by atoms with Crippen LogP contribution in [0.5, 0.6) is 34.5 Å². The molecule has 256 valence electrons. The number of rotatable bonds is 6. The zero-order valence-electron chi connectivity index (χ0n) is 28.5. The summed E-state index contributed by atoms with van der Waals surface area (Å²) >= 11 is 0. The summed E-state index contributed by atoms with van der Waals surface area (Å²) in [5.74, 6) is 0.709. The lowest BCUT2D eigenvalue weighted by Crippen LogP contribution is -2.17. The lowest BCUT2D eigenvalue weighted by atomic mass is 9.79. The fraction of sp³-hybridized carbons (Fsp3) is 0.263. The van der Waals surface area contributed by atoms with Crippen molar-refractivity contribution in [1.29, 1.82) is 0 Å². The molecule has 0 saturated heterocycles. The molecule has 4 aromatic rings. The fourth-order valence-electron chi connectivity index (χ4n) is 3.91. The number of aldehydes is 4. The van der Waals surface area contributed by atoms with Crippen LogP contribution in [0.2, 0.25) is 0 Å². The van der Waals surface area contributed by atoms with Gasteiger partial charge in [0.05, 0.1) is 30.9 Å². The summed E-state index contributed by atoms with van der Waals surface area (Å²) in [7, 11) is 2.87. The van der Waals surface area contributed by atoms with Crippen LogP contribution in [0.1, 0.15) is 94.1 Å². The van der Waals surface area contributed by atoms with Crippen molar-refractivity contribution in [2.24, 2.45) is 0 Å². The van der Waals surface area contributed by atoms with Crippen LogP contribution < -0.4 is 9.47 Å². The predicted octanol–water partition coefficient (Wildman–Crippen LogP) is 7.43. The van der Waals surface area contributed by atoms with Crippen LogP contribution >= 0.6 is 0 Å². The molecular weight excluding hydrogens is 616 g/mol. The van der Waals surface area contributed by atoms with E-state index < -0.39 is 0 Å². The minimum atomic E-state index is -0.177. The maximum absolute atomic E-state index is 11.0. The number of phenols is 4. The summed E-state index contributed by atoms with van der Waals surface area (Å²) < 4.78 is 9.56. The normalized spacial score (nSPS) is 10.3. The van der Waals surface area contributed by atoms with Crippen molar-refractivity contribution < 1.29 is 49.1 Å². The second-order valence-electron chi connectivity index (χ2n) is 12.3. The molecule has 4 N–H and O–H groups in total. The Morgan fingerprint density at radius 1 is 0.521 bits per heavy atom. The first kappa shape index (κ1) is 40.4. The molecule has 0 bridgehead atoms. The fourth-order valence-corrected chi connectivity index (χ4v) is 3.91. The van der Waals surface area contributed by atoms with Crippen molar-refractivity contribution in [3.05, 3.63) is 106 Å². The Balaban J connectivity index is 0.000000330. The average molecular weight is 661 g/mol. The van der Waals surface area contributed by atoms with Gasteiger partial charge in [0, 0.05) is 11.1 Å². The second-order valence-corrected chi connectivity index (χ2v) is 12.3. The topological polar surface area (TPSA) is 168 Å². The summed E-state index contributed by atoms with van der Waals surface area (Å²) in [5, 5.41) is 37.3. The van der Waals surface area contributed by atoms with Crippen LogP contribution in [-0.2, 0) is 10.8 Å². The van der Waals surface area contributed by atoms with E-state index in [0.29, 0.717) is 47.0 Å². The quantitative estimate of drug-likeness (QED) is 0.153. The number of carbonyl (C=O) groups excluding carboxylic acids is 4. The number of ether oxygens (including phenoxy) is 2. The highest BCUT2D eigenvalue weighted by atomic mass is 16.5. The van der Waals surface area contributed by atoms with Crippen molar-refractivity contribution in [1.82, 2.24) is 0 Å². The molecular formula is C38H44O10. The average Bonchev–Trinajstić information content (AvgIpc) is 3.05. The van der Waals surface area contributed by atoms with Gasteiger partial charge in [-0.3, -0.25) is 19.2 Å². The van der Waals surface area contributed by atoms with Crippen molar-refractivity contribution in [2.45, 2.75) is 52.4 Å². The number of hydrogen-bond acceptors (Lipinski definition) is 10. The first-order valence-electron chi connectivity index (χ1n) is 14.7. The van der Waals surface area contributed by atoms with E-state index >= 15 is 0 Å². The minimum Gasteiger partial charge on any atom is -0.507 e. The standard InChI is InChI=1S/C15H22O2.2C8H8O3.C7H6O2/c1-14(2,3)11-7-10(9-16)13(17)12(8-11)15(4,5)6;1-11-8-4-6(5-9)2-3-7(8)10;1-11-7-4-2-3-6(5-9)8(7)10;8-5-6-3-1-2-4-7(6)9/h7-9,17H,1-6H3;2*2-5,10H,1H3;1-5,9H. The highest BCUT2D eigenvalue weighted by Gasteiger charge is 2.24. The molecule has 4 rings (SSSR count). The molecule has 0 aliphatic heterocycles. The van der Waals surface area contributed by atoms with Gasteiger partial charge in [-0.05, 0) is 64.9 Å². The zero-order chi connectivity index (χ0) is 36.7. The first-order chi connectivity index (χ1) is 22.5. The molecule has 0 amide bonds. The van der Waals surface area contributed by atoms with E-state index in [2.05, 4.69) is 20.8 Å². The number of aromatic hydroxyl groups is 4. The largest absolute Gasteiger partial charge is 0.507 e. The molecule has 0 unspecified atom stereocenters. The van der Waals surface area contributed by atoms with E-state index in [-0.39, 0.29) is 39.4 Å². The summed E-state index contributed by atoms with van der Waals surface area (Å²) in [5.41, 5.74) is 3.12. The molecule has 4 aromatic carbocycles. The Bertz CT molecular complexity index is 1680. The molecule has 0 heterocycles. The van der Waals surface area contributed by atoms with Gasteiger partial charge in [0.15, 0.2) is 41.9 Å². The summed E-state index contributed by atoms with van der Waals surface area (Å²) in [6.07, 6.45) is 2.62. The Morgan fingerprint density at radius 2 is 1.08 bits per heavy atom. The van der Waals surface area contributed by atoms with E-state index in [0.717, 1.165) is 17.4 Å².